The van der Waals surface area contributed by atoms with Crippen LogP contribution in [-0.2, 0) is 4.74 Å². The molecule has 0 spiro atoms. The van der Waals surface area contributed by atoms with Gasteiger partial charge in [0.25, 0.3) is 6.43 Å². The molecule has 3 aliphatic rings. The van der Waals surface area contributed by atoms with Crippen LogP contribution in [0.2, 0.25) is 0 Å². The van der Waals surface area contributed by atoms with Crippen molar-refractivity contribution in [2.75, 3.05) is 12.4 Å². The van der Waals surface area contributed by atoms with Crippen LogP contribution in [-0.4, -0.2) is 28.1 Å². The molecule has 0 saturated carbocycles. The lowest BCUT2D eigenvalue weighted by Crippen LogP contribution is -2.57. The Kier molecular flexibility index (Phi) is 5.03. The number of nitrogens with zero attached hydrogens (tertiary/aromatic N) is 2. The lowest BCUT2D eigenvalue weighted by atomic mass is 9.65. The van der Waals surface area contributed by atoms with Gasteiger partial charge in [-0.25, -0.2) is 22.5 Å². The summed E-state index contributed by atoms with van der Waals surface area (Å²) in [6.07, 6.45) is 0.130. The summed E-state index contributed by atoms with van der Waals surface area (Å²) in [6, 6.07) is 0. The molecule has 1 aromatic rings. The molecule has 1 fully saturated rings. The maximum absolute atomic E-state index is 14.8. The Morgan fingerprint density at radius 2 is 2.14 bits per heavy atom. The molecule has 10 heteroatoms. The van der Waals surface area contributed by atoms with Gasteiger partial charge in [0.05, 0.1) is 6.61 Å². The first-order valence-corrected chi connectivity index (χ1v) is 9.86. The minimum Gasteiger partial charge on any atom is -0.446 e. The predicted octanol–water partition coefficient (Wildman–Crippen LogP) is 4.46. The molecule has 2 N–H and O–H groups in total. The number of rotatable bonds is 3. The van der Waals surface area contributed by atoms with Crippen LogP contribution >= 0.6 is 11.8 Å². The summed E-state index contributed by atoms with van der Waals surface area (Å²) in [4.78, 5) is 8.38. The number of thioether (sulfide) groups is 1. The molecule has 2 unspecified atom stereocenters. The summed E-state index contributed by atoms with van der Waals surface area (Å²) >= 11 is 1.35. The van der Waals surface area contributed by atoms with Crippen LogP contribution in [0.15, 0.2) is 39.5 Å². The van der Waals surface area contributed by atoms with Crippen LogP contribution in [0.3, 0.4) is 0 Å². The molecule has 28 heavy (non-hydrogen) atoms. The van der Waals surface area contributed by atoms with E-state index in [9.17, 15) is 17.6 Å². The number of aromatic nitrogens is 1. The van der Waals surface area contributed by atoms with Crippen molar-refractivity contribution in [1.29, 1.82) is 0 Å². The van der Waals surface area contributed by atoms with Gasteiger partial charge in [-0.3, -0.25) is 4.99 Å². The van der Waals surface area contributed by atoms with E-state index in [0.29, 0.717) is 17.3 Å². The summed E-state index contributed by atoms with van der Waals surface area (Å²) in [7, 11) is 0. The van der Waals surface area contributed by atoms with Gasteiger partial charge >= 0.3 is 0 Å². The van der Waals surface area contributed by atoms with Gasteiger partial charge in [0.2, 0.25) is 5.89 Å². The van der Waals surface area contributed by atoms with Gasteiger partial charge in [-0.15, -0.1) is 0 Å². The molecule has 3 heterocycles. The van der Waals surface area contributed by atoms with Crippen molar-refractivity contribution >= 4 is 16.9 Å². The van der Waals surface area contributed by atoms with Crippen LogP contribution in [0.5, 0.6) is 0 Å². The van der Waals surface area contributed by atoms with Gasteiger partial charge in [-0.05, 0) is 24.3 Å². The number of allylic oxidation sites excluding steroid dienone is 3. The maximum atomic E-state index is 14.8. The van der Waals surface area contributed by atoms with E-state index in [1.165, 1.54) is 17.8 Å². The van der Waals surface area contributed by atoms with Gasteiger partial charge in [-0.1, -0.05) is 18.7 Å². The zero-order valence-electron chi connectivity index (χ0n) is 14.9. The van der Waals surface area contributed by atoms with Crippen LogP contribution in [0.1, 0.15) is 37.5 Å². The first-order chi connectivity index (χ1) is 13.3. The van der Waals surface area contributed by atoms with Gasteiger partial charge in [0.15, 0.2) is 5.17 Å². The summed E-state index contributed by atoms with van der Waals surface area (Å²) in [5.74, 6) is -1.94. The molecular weight excluding hydrogens is 398 g/mol. The first kappa shape index (κ1) is 19.5. The molecule has 2 aliphatic heterocycles. The second kappa shape index (κ2) is 7.22. The number of oxazole rings is 1. The third-order valence-corrected chi connectivity index (χ3v) is 6.53. The van der Waals surface area contributed by atoms with Crippen LogP contribution < -0.4 is 5.73 Å². The Labute approximate surface area is 163 Å². The molecule has 1 aromatic heterocycles. The monoisotopic (exact) mass is 417 g/mol. The van der Waals surface area contributed by atoms with Crippen LogP contribution in [0, 0.1) is 17.8 Å². The summed E-state index contributed by atoms with van der Waals surface area (Å²) in [5.41, 5.74) is 4.49. The fourth-order valence-electron chi connectivity index (χ4n) is 4.34. The van der Waals surface area contributed by atoms with E-state index in [1.807, 2.05) is 0 Å². The van der Waals surface area contributed by atoms with Crippen molar-refractivity contribution in [3.05, 3.63) is 41.7 Å². The smallest absolute Gasteiger partial charge is 0.283 e. The third-order valence-electron chi connectivity index (χ3n) is 5.57. The van der Waals surface area contributed by atoms with E-state index in [1.54, 1.807) is 6.92 Å². The highest BCUT2D eigenvalue weighted by Gasteiger charge is 2.55. The van der Waals surface area contributed by atoms with Crippen LogP contribution in [0.4, 0.5) is 17.6 Å². The molecule has 1 saturated heterocycles. The molecular formula is C18H19F4N3O2S. The number of aliphatic imine (C=N–C) groups is 1. The Morgan fingerprint density at radius 3 is 2.82 bits per heavy atom. The van der Waals surface area contributed by atoms with E-state index in [-0.39, 0.29) is 18.4 Å². The van der Waals surface area contributed by atoms with Crippen molar-refractivity contribution in [1.82, 2.24) is 4.98 Å². The highest BCUT2D eigenvalue weighted by atomic mass is 32.2. The number of halogens is 4. The zero-order valence-corrected chi connectivity index (χ0v) is 15.8. The lowest BCUT2D eigenvalue weighted by Gasteiger charge is -2.50. The second-order valence-corrected chi connectivity index (χ2v) is 8.35. The molecule has 1 aliphatic carbocycles. The highest BCUT2D eigenvalue weighted by Crippen LogP contribution is 2.52. The molecule has 0 radical (unpaired) electrons. The van der Waals surface area contributed by atoms with Crippen molar-refractivity contribution < 1.29 is 26.7 Å². The first-order valence-electron chi connectivity index (χ1n) is 8.87. The fourth-order valence-corrected chi connectivity index (χ4v) is 5.37. The molecule has 4 rings (SSSR count). The molecule has 0 bridgehead atoms. The normalized spacial score (nSPS) is 35.9. The van der Waals surface area contributed by atoms with Gasteiger partial charge in [0.1, 0.15) is 35.3 Å². The Morgan fingerprint density at radius 1 is 1.36 bits per heavy atom. The Balaban J connectivity index is 1.65. The summed E-state index contributed by atoms with van der Waals surface area (Å²) in [6.45, 7) is 1.73. The molecule has 0 amide bonds. The molecule has 152 valence electrons. The van der Waals surface area contributed by atoms with Crippen molar-refractivity contribution in [2.45, 2.75) is 31.4 Å². The third kappa shape index (κ3) is 3.26. The highest BCUT2D eigenvalue weighted by molar-refractivity contribution is 8.13. The number of amidine groups is 1. The standard InChI is InChI=1S/C18H19F4N3O2S/c1-8-2-10(19)4-11(20)14(8)18-7-27-13(3-9(18)6-28-17(23)25-18)16-24-12(5-26-16)15(21)22/h2,4-5,8-9,13-15H,3,6-7H2,1H3,(H2,23,25)/t8?,9-,13+,14?,18-/m0/s1. The largest absolute Gasteiger partial charge is 0.446 e. The number of fused-ring (bicyclic) bond motifs is 1. The predicted molar refractivity (Wildman–Crippen MR) is 96.1 cm³/mol. The van der Waals surface area contributed by atoms with Gasteiger partial charge in [0, 0.05) is 17.7 Å². The average Bonchev–Trinajstić information content (AvgIpc) is 3.10. The van der Waals surface area contributed by atoms with E-state index in [0.717, 1.165) is 12.3 Å². The van der Waals surface area contributed by atoms with Crippen molar-refractivity contribution in [3.8, 4) is 0 Å². The number of ether oxygens (including phenoxy) is 1. The fraction of sp³-hybridized carbons (Fsp3) is 0.556. The van der Waals surface area contributed by atoms with Crippen molar-refractivity contribution in [2.24, 2.45) is 28.5 Å². The van der Waals surface area contributed by atoms with E-state index < -0.39 is 47.3 Å². The van der Waals surface area contributed by atoms with Crippen molar-refractivity contribution in [3.63, 3.8) is 0 Å². The second-order valence-electron chi connectivity index (χ2n) is 7.31. The van der Waals surface area contributed by atoms with E-state index in [4.69, 9.17) is 14.9 Å². The SMILES string of the molecule is CC1C=C(F)C=C(F)C1[C@]12CO[C@@H](c3nc(C(F)F)co3)C[C@H]1CSC(N)=N2. The molecule has 5 atom stereocenters. The van der Waals surface area contributed by atoms with E-state index >= 15 is 0 Å². The van der Waals surface area contributed by atoms with Gasteiger partial charge < -0.3 is 14.9 Å². The Hall–Kier alpha value is -1.81. The quantitative estimate of drug-likeness (QED) is 0.735. The minimum atomic E-state index is -2.74. The summed E-state index contributed by atoms with van der Waals surface area (Å²) in [5, 5.41) is 0.324. The van der Waals surface area contributed by atoms with Gasteiger partial charge in [-0.2, -0.15) is 0 Å². The van der Waals surface area contributed by atoms with Crippen LogP contribution in [0.25, 0.3) is 0 Å². The van der Waals surface area contributed by atoms with E-state index in [2.05, 4.69) is 9.98 Å². The summed E-state index contributed by atoms with van der Waals surface area (Å²) < 4.78 is 65.1. The maximum Gasteiger partial charge on any atom is 0.283 e. The Bertz CT molecular complexity index is 856. The number of alkyl halides is 2. The number of nitrogens with two attached hydrogens (primary N) is 1. The molecule has 0 aromatic carbocycles. The zero-order chi connectivity index (χ0) is 20.1. The average molecular weight is 417 g/mol. The lowest BCUT2D eigenvalue weighted by molar-refractivity contribution is -0.0869. The number of hydrogen-bond acceptors (Lipinski definition) is 6. The number of hydrogen-bond donors (Lipinski definition) is 1. The topological polar surface area (TPSA) is 73.6 Å². The minimum absolute atomic E-state index is 0.00170. The molecule has 5 nitrogen and oxygen atoms in total.